The number of hydrogen-bond donors (Lipinski definition) is 1. The standard InChI is InChI=1S/C18H26N2O4/c1-22-10-3-2-8-19-18(21)20-9-4-5-15(20)14-6-7-16-17(13-14)24-12-11-23-16/h6-7,13,15H,2-5,8-12H2,1H3,(H,19,21). The molecular weight excluding hydrogens is 308 g/mol. The summed E-state index contributed by atoms with van der Waals surface area (Å²) in [5.41, 5.74) is 1.12. The highest BCUT2D eigenvalue weighted by Gasteiger charge is 2.30. The number of carbonyl (C=O) groups is 1. The number of rotatable bonds is 6. The van der Waals surface area contributed by atoms with Gasteiger partial charge in [0.1, 0.15) is 13.2 Å². The van der Waals surface area contributed by atoms with Gasteiger partial charge in [0.2, 0.25) is 0 Å². The molecule has 1 unspecified atom stereocenters. The van der Waals surface area contributed by atoms with E-state index in [1.54, 1.807) is 7.11 Å². The third kappa shape index (κ3) is 3.93. The average molecular weight is 334 g/mol. The Bertz CT molecular complexity index is 564. The van der Waals surface area contributed by atoms with E-state index in [-0.39, 0.29) is 12.1 Å². The van der Waals surface area contributed by atoms with Crippen LogP contribution in [0.4, 0.5) is 4.79 Å². The van der Waals surface area contributed by atoms with Crippen molar-refractivity contribution in [3.8, 4) is 11.5 Å². The van der Waals surface area contributed by atoms with Gasteiger partial charge >= 0.3 is 6.03 Å². The summed E-state index contributed by atoms with van der Waals surface area (Å²) in [5, 5.41) is 3.02. The van der Waals surface area contributed by atoms with E-state index in [0.717, 1.165) is 55.9 Å². The average Bonchev–Trinajstić information content (AvgIpc) is 3.11. The molecule has 2 amide bonds. The number of unbranched alkanes of at least 4 members (excludes halogenated alkanes) is 1. The summed E-state index contributed by atoms with van der Waals surface area (Å²) in [4.78, 5) is 14.4. The van der Waals surface area contributed by atoms with Gasteiger partial charge < -0.3 is 24.4 Å². The molecule has 24 heavy (non-hydrogen) atoms. The summed E-state index contributed by atoms with van der Waals surface area (Å²) >= 11 is 0. The molecule has 0 bridgehead atoms. The Morgan fingerprint density at radius 2 is 2.12 bits per heavy atom. The number of methoxy groups -OCH3 is 1. The Balaban J connectivity index is 1.59. The van der Waals surface area contributed by atoms with Crippen LogP contribution in [-0.4, -0.2) is 51.0 Å². The summed E-state index contributed by atoms with van der Waals surface area (Å²) in [5.74, 6) is 1.57. The van der Waals surface area contributed by atoms with Gasteiger partial charge in [0.05, 0.1) is 6.04 Å². The van der Waals surface area contributed by atoms with Crippen LogP contribution in [0.15, 0.2) is 18.2 Å². The quantitative estimate of drug-likeness (QED) is 0.813. The van der Waals surface area contributed by atoms with Crippen LogP contribution in [0.25, 0.3) is 0 Å². The Morgan fingerprint density at radius 3 is 2.96 bits per heavy atom. The van der Waals surface area contributed by atoms with Crippen LogP contribution in [0.2, 0.25) is 0 Å². The fraction of sp³-hybridized carbons (Fsp3) is 0.611. The summed E-state index contributed by atoms with van der Waals surface area (Å²) in [6.45, 7) is 3.38. The van der Waals surface area contributed by atoms with Crippen molar-refractivity contribution in [2.24, 2.45) is 0 Å². The Hall–Kier alpha value is -1.95. The van der Waals surface area contributed by atoms with Gasteiger partial charge in [0.25, 0.3) is 0 Å². The van der Waals surface area contributed by atoms with Crippen molar-refractivity contribution in [3.05, 3.63) is 23.8 Å². The van der Waals surface area contributed by atoms with Crippen LogP contribution < -0.4 is 14.8 Å². The number of nitrogens with zero attached hydrogens (tertiary/aromatic N) is 1. The van der Waals surface area contributed by atoms with Crippen LogP contribution in [0.1, 0.15) is 37.3 Å². The number of urea groups is 1. The van der Waals surface area contributed by atoms with Crippen molar-refractivity contribution >= 4 is 6.03 Å². The van der Waals surface area contributed by atoms with Gasteiger partial charge in [-0.05, 0) is 43.4 Å². The first-order chi connectivity index (χ1) is 11.8. The van der Waals surface area contributed by atoms with Crippen molar-refractivity contribution in [3.63, 3.8) is 0 Å². The lowest BCUT2D eigenvalue weighted by Crippen LogP contribution is -2.39. The molecule has 1 fully saturated rings. The van der Waals surface area contributed by atoms with Crippen molar-refractivity contribution < 1.29 is 19.0 Å². The Labute approximate surface area is 143 Å². The maximum Gasteiger partial charge on any atom is 0.317 e. The minimum atomic E-state index is 0.0183. The van der Waals surface area contributed by atoms with Crippen LogP contribution in [0, 0.1) is 0 Å². The molecule has 0 radical (unpaired) electrons. The molecule has 2 aliphatic rings. The second kappa shape index (κ2) is 8.24. The summed E-state index contributed by atoms with van der Waals surface area (Å²) in [6, 6.07) is 6.14. The molecule has 2 aliphatic heterocycles. The van der Waals surface area contributed by atoms with Crippen LogP contribution >= 0.6 is 0 Å². The summed E-state index contributed by atoms with van der Waals surface area (Å²) in [7, 11) is 1.70. The molecule has 132 valence electrons. The number of carbonyl (C=O) groups excluding carboxylic acids is 1. The smallest absolute Gasteiger partial charge is 0.317 e. The number of likely N-dealkylation sites (tertiary alicyclic amines) is 1. The highest BCUT2D eigenvalue weighted by molar-refractivity contribution is 5.75. The maximum absolute atomic E-state index is 12.5. The zero-order valence-electron chi connectivity index (χ0n) is 14.3. The largest absolute Gasteiger partial charge is 0.486 e. The fourth-order valence-corrected chi connectivity index (χ4v) is 3.29. The number of ether oxygens (including phenoxy) is 3. The highest BCUT2D eigenvalue weighted by Crippen LogP contribution is 2.37. The number of benzene rings is 1. The zero-order valence-corrected chi connectivity index (χ0v) is 14.3. The van der Waals surface area contributed by atoms with E-state index in [1.807, 2.05) is 23.1 Å². The molecule has 6 heteroatoms. The molecule has 1 aromatic rings. The van der Waals surface area contributed by atoms with E-state index in [2.05, 4.69) is 5.32 Å². The SMILES string of the molecule is COCCCCNC(=O)N1CCCC1c1ccc2c(c1)OCCO2. The first-order valence-electron chi connectivity index (χ1n) is 8.72. The molecule has 3 rings (SSSR count). The summed E-state index contributed by atoms with van der Waals surface area (Å²) in [6.07, 6.45) is 3.90. The van der Waals surface area contributed by atoms with Gasteiger partial charge in [-0.15, -0.1) is 0 Å². The normalized spacial score (nSPS) is 19.4. The third-order valence-electron chi connectivity index (χ3n) is 4.52. The monoisotopic (exact) mass is 334 g/mol. The van der Waals surface area contributed by atoms with E-state index in [1.165, 1.54) is 0 Å². The molecule has 2 heterocycles. The van der Waals surface area contributed by atoms with Gasteiger partial charge in [0, 0.05) is 26.8 Å². The lowest BCUT2D eigenvalue weighted by molar-refractivity contribution is 0.170. The second-order valence-corrected chi connectivity index (χ2v) is 6.19. The van der Waals surface area contributed by atoms with Gasteiger partial charge in [0.15, 0.2) is 11.5 Å². The fourth-order valence-electron chi connectivity index (χ4n) is 3.29. The minimum absolute atomic E-state index is 0.0183. The zero-order chi connectivity index (χ0) is 16.8. The lowest BCUT2D eigenvalue weighted by atomic mass is 10.0. The van der Waals surface area contributed by atoms with Crippen molar-refractivity contribution in [2.45, 2.75) is 31.7 Å². The number of amides is 2. The Morgan fingerprint density at radius 1 is 1.29 bits per heavy atom. The van der Waals surface area contributed by atoms with Gasteiger partial charge in [-0.3, -0.25) is 0 Å². The molecule has 1 atom stereocenters. The van der Waals surface area contributed by atoms with Crippen LogP contribution in [0.3, 0.4) is 0 Å². The second-order valence-electron chi connectivity index (χ2n) is 6.19. The highest BCUT2D eigenvalue weighted by atomic mass is 16.6. The molecule has 6 nitrogen and oxygen atoms in total. The van der Waals surface area contributed by atoms with E-state index in [4.69, 9.17) is 14.2 Å². The maximum atomic E-state index is 12.5. The molecular formula is C18H26N2O4. The van der Waals surface area contributed by atoms with Crippen molar-refractivity contribution in [2.75, 3.05) is 40.0 Å². The molecule has 0 aromatic heterocycles. The molecule has 1 aromatic carbocycles. The third-order valence-corrected chi connectivity index (χ3v) is 4.52. The first-order valence-corrected chi connectivity index (χ1v) is 8.72. The van der Waals surface area contributed by atoms with E-state index < -0.39 is 0 Å². The van der Waals surface area contributed by atoms with Gasteiger partial charge in [-0.2, -0.15) is 0 Å². The van der Waals surface area contributed by atoms with Crippen molar-refractivity contribution in [1.29, 1.82) is 0 Å². The van der Waals surface area contributed by atoms with Gasteiger partial charge in [-0.25, -0.2) is 4.79 Å². The molecule has 1 N–H and O–H groups in total. The van der Waals surface area contributed by atoms with E-state index in [0.29, 0.717) is 19.8 Å². The van der Waals surface area contributed by atoms with E-state index >= 15 is 0 Å². The number of hydrogen-bond acceptors (Lipinski definition) is 4. The van der Waals surface area contributed by atoms with E-state index in [9.17, 15) is 4.79 Å². The predicted molar refractivity (Wildman–Crippen MR) is 90.6 cm³/mol. The Kier molecular flexibility index (Phi) is 5.80. The molecule has 0 aliphatic carbocycles. The lowest BCUT2D eigenvalue weighted by Gasteiger charge is -2.27. The van der Waals surface area contributed by atoms with Crippen molar-refractivity contribution in [1.82, 2.24) is 10.2 Å². The summed E-state index contributed by atoms with van der Waals surface area (Å²) < 4.78 is 16.3. The minimum Gasteiger partial charge on any atom is -0.486 e. The molecule has 1 saturated heterocycles. The number of fused-ring (bicyclic) bond motifs is 1. The predicted octanol–water partition coefficient (Wildman–Crippen LogP) is 2.73. The van der Waals surface area contributed by atoms with Crippen LogP contribution in [-0.2, 0) is 4.74 Å². The number of nitrogens with one attached hydrogen (secondary N) is 1. The topological polar surface area (TPSA) is 60.0 Å². The first kappa shape index (κ1) is 16.9. The van der Waals surface area contributed by atoms with Gasteiger partial charge in [-0.1, -0.05) is 6.07 Å². The van der Waals surface area contributed by atoms with Crippen LogP contribution in [0.5, 0.6) is 11.5 Å². The molecule has 0 saturated carbocycles. The molecule has 0 spiro atoms.